The summed E-state index contributed by atoms with van der Waals surface area (Å²) in [5.41, 5.74) is 0.857. The van der Waals surface area contributed by atoms with E-state index in [-0.39, 0.29) is 17.3 Å². The lowest BCUT2D eigenvalue weighted by molar-refractivity contribution is -0.134. The Morgan fingerprint density at radius 1 is 1.12 bits per heavy atom. The summed E-state index contributed by atoms with van der Waals surface area (Å²) in [4.78, 5) is 23.6. The van der Waals surface area contributed by atoms with Gasteiger partial charge >= 0.3 is 10.8 Å². The summed E-state index contributed by atoms with van der Waals surface area (Å²) in [6, 6.07) is 11.2. The van der Waals surface area contributed by atoms with Crippen LogP contribution < -0.4 is 14.3 Å². The van der Waals surface area contributed by atoms with Crippen molar-refractivity contribution in [3.63, 3.8) is 0 Å². The topological polar surface area (TPSA) is 57.5 Å². The second-order valence-corrected chi connectivity index (χ2v) is 6.21. The molecule has 0 atom stereocenters. The van der Waals surface area contributed by atoms with Crippen LogP contribution in [-0.4, -0.2) is 17.6 Å². The van der Waals surface area contributed by atoms with Gasteiger partial charge in [-0.15, -0.1) is 0 Å². The lowest BCUT2D eigenvalue weighted by Crippen LogP contribution is -2.19. The largest absolute Gasteiger partial charge is 0.497 e. The number of aryl methyl sites for hydroxylation is 1. The summed E-state index contributed by atoms with van der Waals surface area (Å²) in [6.07, 6.45) is 0.146. The highest BCUT2D eigenvalue weighted by atomic mass is 32.1. The zero-order valence-electron chi connectivity index (χ0n) is 13.4. The lowest BCUT2D eigenvalue weighted by atomic mass is 10.1. The first kappa shape index (κ1) is 16.3. The molecule has 0 aliphatic rings. The maximum absolute atomic E-state index is 12.0. The van der Waals surface area contributed by atoms with E-state index in [0.717, 1.165) is 33.6 Å². The molecule has 1 aromatic heterocycles. The second-order valence-electron chi connectivity index (χ2n) is 5.39. The van der Waals surface area contributed by atoms with E-state index in [9.17, 15) is 9.59 Å². The number of carbonyl (C=O) groups is 1. The first-order valence-corrected chi connectivity index (χ1v) is 8.38. The summed E-state index contributed by atoms with van der Waals surface area (Å²) in [6.45, 7) is 2.17. The fourth-order valence-corrected chi connectivity index (χ4v) is 3.21. The van der Waals surface area contributed by atoms with Crippen molar-refractivity contribution in [3.05, 3.63) is 57.1 Å². The molecule has 0 aliphatic heterocycles. The summed E-state index contributed by atoms with van der Waals surface area (Å²) in [5.74, 6) is 0.864. The molecule has 3 rings (SSSR count). The van der Waals surface area contributed by atoms with E-state index in [0.29, 0.717) is 12.3 Å². The molecule has 0 aliphatic carbocycles. The van der Waals surface area contributed by atoms with Gasteiger partial charge in [0.1, 0.15) is 11.5 Å². The van der Waals surface area contributed by atoms with Crippen molar-refractivity contribution in [2.24, 2.45) is 0 Å². The number of benzene rings is 2. The molecule has 0 bridgehead atoms. The van der Waals surface area contributed by atoms with Crippen LogP contribution in [0.2, 0.25) is 0 Å². The van der Waals surface area contributed by atoms with Crippen molar-refractivity contribution in [1.29, 1.82) is 0 Å². The van der Waals surface area contributed by atoms with Gasteiger partial charge in [0, 0.05) is 17.6 Å². The molecular formula is C18H17NO4S. The van der Waals surface area contributed by atoms with Crippen LogP contribution in [0.4, 0.5) is 0 Å². The molecule has 2 aromatic carbocycles. The molecule has 0 radical (unpaired) electrons. The van der Waals surface area contributed by atoms with Crippen LogP contribution in [0.15, 0.2) is 46.6 Å². The Morgan fingerprint density at radius 3 is 2.50 bits per heavy atom. The third-order valence-electron chi connectivity index (χ3n) is 3.77. The van der Waals surface area contributed by atoms with Gasteiger partial charge in [-0.3, -0.25) is 9.59 Å². The van der Waals surface area contributed by atoms with Gasteiger partial charge < -0.3 is 14.0 Å². The number of ether oxygens (including phenoxy) is 2. The normalized spacial score (nSPS) is 10.8. The molecular weight excluding hydrogens is 326 g/mol. The van der Waals surface area contributed by atoms with Crippen molar-refractivity contribution in [1.82, 2.24) is 4.57 Å². The molecule has 3 aromatic rings. The first-order valence-electron chi connectivity index (χ1n) is 7.50. The molecule has 6 heteroatoms. The first-order chi connectivity index (χ1) is 11.6. The van der Waals surface area contributed by atoms with E-state index in [2.05, 4.69) is 0 Å². The number of nitrogens with zero attached hydrogens (tertiary/aromatic N) is 1. The van der Waals surface area contributed by atoms with E-state index < -0.39 is 0 Å². The Hall–Kier alpha value is -2.60. The number of aromatic nitrogens is 1. The highest BCUT2D eigenvalue weighted by Gasteiger charge is 2.09. The fraction of sp³-hybridized carbons (Fsp3) is 0.222. The average molecular weight is 343 g/mol. The highest BCUT2D eigenvalue weighted by Crippen LogP contribution is 2.25. The van der Waals surface area contributed by atoms with E-state index in [1.54, 1.807) is 29.2 Å². The third kappa shape index (κ3) is 3.49. The van der Waals surface area contributed by atoms with Crippen LogP contribution in [0.5, 0.6) is 11.5 Å². The maximum atomic E-state index is 12.0. The highest BCUT2D eigenvalue weighted by molar-refractivity contribution is 7.07. The lowest BCUT2D eigenvalue weighted by Gasteiger charge is -2.08. The standard InChI is InChI=1S/C18H17NO4S/c1-12-11-24-18(21)19(12)8-7-17(20)23-16-6-4-13-3-5-15(22-2)9-14(13)10-16/h3-6,9-11H,7-8H2,1-2H3. The van der Waals surface area contributed by atoms with Crippen LogP contribution >= 0.6 is 11.3 Å². The van der Waals surface area contributed by atoms with Crippen LogP contribution in [0.3, 0.4) is 0 Å². The van der Waals surface area contributed by atoms with Crippen molar-refractivity contribution in [2.75, 3.05) is 7.11 Å². The van der Waals surface area contributed by atoms with Gasteiger partial charge in [-0.1, -0.05) is 23.5 Å². The van der Waals surface area contributed by atoms with Crippen molar-refractivity contribution >= 4 is 28.1 Å². The molecule has 0 amide bonds. The molecule has 0 fully saturated rings. The van der Waals surface area contributed by atoms with Gasteiger partial charge in [-0.25, -0.2) is 0 Å². The molecule has 0 saturated carbocycles. The van der Waals surface area contributed by atoms with Gasteiger partial charge in [0.25, 0.3) is 0 Å². The molecule has 124 valence electrons. The Kier molecular flexibility index (Phi) is 4.66. The number of thiazole rings is 1. The fourth-order valence-electron chi connectivity index (χ4n) is 2.45. The zero-order chi connectivity index (χ0) is 17.1. The van der Waals surface area contributed by atoms with Crippen LogP contribution in [-0.2, 0) is 11.3 Å². The predicted octanol–water partition coefficient (Wildman–Crippen LogP) is 3.38. The minimum atomic E-state index is -0.366. The molecule has 0 unspecified atom stereocenters. The van der Waals surface area contributed by atoms with E-state index in [4.69, 9.17) is 9.47 Å². The SMILES string of the molecule is COc1ccc2ccc(OC(=O)CCn3c(C)csc3=O)cc2c1. The second kappa shape index (κ2) is 6.88. The third-order valence-corrected chi connectivity index (χ3v) is 4.65. The van der Waals surface area contributed by atoms with E-state index in [1.165, 1.54) is 0 Å². The maximum Gasteiger partial charge on any atom is 0.312 e. The molecule has 0 spiro atoms. The Bertz CT molecular complexity index is 942. The van der Waals surface area contributed by atoms with E-state index in [1.807, 2.05) is 31.2 Å². The van der Waals surface area contributed by atoms with Crippen molar-refractivity contribution < 1.29 is 14.3 Å². The minimum Gasteiger partial charge on any atom is -0.497 e. The molecule has 24 heavy (non-hydrogen) atoms. The Labute approximate surface area is 143 Å². The van der Waals surface area contributed by atoms with Gasteiger partial charge in [-0.05, 0) is 42.0 Å². The summed E-state index contributed by atoms with van der Waals surface area (Å²) in [7, 11) is 1.61. The van der Waals surface area contributed by atoms with E-state index >= 15 is 0 Å². The molecule has 5 nitrogen and oxygen atoms in total. The minimum absolute atomic E-state index is 0.0573. The van der Waals surface area contributed by atoms with Crippen LogP contribution in [0.25, 0.3) is 10.8 Å². The number of hydrogen-bond donors (Lipinski definition) is 0. The number of carbonyl (C=O) groups excluding carboxylic acids is 1. The molecule has 0 N–H and O–H groups in total. The Balaban J connectivity index is 1.69. The average Bonchev–Trinajstić information content (AvgIpc) is 2.90. The quantitative estimate of drug-likeness (QED) is 0.526. The van der Waals surface area contributed by atoms with Crippen LogP contribution in [0.1, 0.15) is 12.1 Å². The molecule has 0 saturated heterocycles. The van der Waals surface area contributed by atoms with Gasteiger partial charge in [-0.2, -0.15) is 0 Å². The number of fused-ring (bicyclic) bond motifs is 1. The van der Waals surface area contributed by atoms with Gasteiger partial charge in [0.05, 0.1) is 13.5 Å². The number of methoxy groups -OCH3 is 1. The van der Waals surface area contributed by atoms with Crippen molar-refractivity contribution in [2.45, 2.75) is 19.9 Å². The molecule has 1 heterocycles. The van der Waals surface area contributed by atoms with Gasteiger partial charge in [0.15, 0.2) is 0 Å². The number of rotatable bonds is 5. The van der Waals surface area contributed by atoms with Crippen molar-refractivity contribution in [3.8, 4) is 11.5 Å². The predicted molar refractivity (Wildman–Crippen MR) is 94.1 cm³/mol. The smallest absolute Gasteiger partial charge is 0.312 e. The summed E-state index contributed by atoms with van der Waals surface area (Å²) >= 11 is 1.13. The number of hydrogen-bond acceptors (Lipinski definition) is 5. The number of esters is 1. The van der Waals surface area contributed by atoms with Crippen LogP contribution in [0, 0.1) is 6.92 Å². The monoisotopic (exact) mass is 343 g/mol. The van der Waals surface area contributed by atoms with Gasteiger partial charge in [0.2, 0.25) is 0 Å². The zero-order valence-corrected chi connectivity index (χ0v) is 14.3. The Morgan fingerprint density at radius 2 is 1.83 bits per heavy atom. The summed E-state index contributed by atoms with van der Waals surface area (Å²) in [5, 5.41) is 3.75. The summed E-state index contributed by atoms with van der Waals surface area (Å²) < 4.78 is 12.2.